The number of benzene rings is 1. The van der Waals surface area contributed by atoms with Crippen molar-refractivity contribution in [2.24, 2.45) is 17.8 Å². The Morgan fingerprint density at radius 3 is 2.35 bits per heavy atom. The van der Waals surface area contributed by atoms with Gasteiger partial charge in [0.2, 0.25) is 0 Å². The fourth-order valence-electron chi connectivity index (χ4n) is 4.84. The molecular formula is C23H36O2S. The standard InChI is InChI=1S/C23H36O2S/c1-16(2)26(24,25)15-21-9-6-19(7-10-21)5-8-20-11-12-23-18(4)17(3)13-22(23)14-20/h11-12,14,16-19,21H,5-10,13,15H2,1-4H3. The van der Waals surface area contributed by atoms with Crippen LogP contribution in [0.25, 0.3) is 0 Å². The lowest BCUT2D eigenvalue weighted by atomic mass is 9.80. The number of hydrogen-bond donors (Lipinski definition) is 0. The summed E-state index contributed by atoms with van der Waals surface area (Å²) in [5.74, 6) is 3.05. The molecule has 0 heterocycles. The Labute approximate surface area is 160 Å². The van der Waals surface area contributed by atoms with Gasteiger partial charge in [0, 0.05) is 0 Å². The van der Waals surface area contributed by atoms with Crippen LogP contribution in [0.1, 0.15) is 82.4 Å². The van der Waals surface area contributed by atoms with Crippen molar-refractivity contribution in [2.45, 2.75) is 83.8 Å². The molecule has 0 bridgehead atoms. The molecule has 1 fully saturated rings. The maximum atomic E-state index is 12.1. The molecule has 2 nitrogen and oxygen atoms in total. The van der Waals surface area contributed by atoms with Gasteiger partial charge >= 0.3 is 0 Å². The molecule has 2 atom stereocenters. The van der Waals surface area contributed by atoms with E-state index in [4.69, 9.17) is 0 Å². The van der Waals surface area contributed by atoms with Crippen LogP contribution < -0.4 is 0 Å². The van der Waals surface area contributed by atoms with Gasteiger partial charge in [-0.25, -0.2) is 8.42 Å². The molecule has 0 aromatic heterocycles. The zero-order valence-electron chi connectivity index (χ0n) is 17.0. The number of fused-ring (bicyclic) bond motifs is 1. The maximum absolute atomic E-state index is 12.1. The van der Waals surface area contributed by atoms with E-state index in [-0.39, 0.29) is 5.25 Å². The monoisotopic (exact) mass is 376 g/mol. The zero-order chi connectivity index (χ0) is 18.9. The smallest absolute Gasteiger partial charge is 0.152 e. The van der Waals surface area contributed by atoms with Gasteiger partial charge in [0.15, 0.2) is 9.84 Å². The first-order valence-corrected chi connectivity index (χ1v) is 12.3. The number of aryl methyl sites for hydroxylation is 1. The first-order chi connectivity index (χ1) is 12.3. The van der Waals surface area contributed by atoms with Gasteiger partial charge < -0.3 is 0 Å². The quantitative estimate of drug-likeness (QED) is 0.653. The van der Waals surface area contributed by atoms with Crippen molar-refractivity contribution < 1.29 is 8.42 Å². The van der Waals surface area contributed by atoms with Crippen molar-refractivity contribution in [1.29, 1.82) is 0 Å². The van der Waals surface area contributed by atoms with Crippen molar-refractivity contribution in [2.75, 3.05) is 5.75 Å². The molecule has 146 valence electrons. The molecule has 1 aromatic carbocycles. The van der Waals surface area contributed by atoms with Gasteiger partial charge in [0.1, 0.15) is 0 Å². The van der Waals surface area contributed by atoms with Crippen molar-refractivity contribution in [1.82, 2.24) is 0 Å². The van der Waals surface area contributed by atoms with Crippen molar-refractivity contribution in [3.05, 3.63) is 34.9 Å². The summed E-state index contributed by atoms with van der Waals surface area (Å²) in [7, 11) is -2.89. The largest absolute Gasteiger partial charge is 0.229 e. The Kier molecular flexibility index (Phi) is 6.16. The second-order valence-electron chi connectivity index (χ2n) is 9.31. The minimum atomic E-state index is -2.89. The normalized spacial score (nSPS) is 29.1. The maximum Gasteiger partial charge on any atom is 0.152 e. The van der Waals surface area contributed by atoms with E-state index in [0.717, 1.165) is 24.7 Å². The molecular weight excluding hydrogens is 340 g/mol. The summed E-state index contributed by atoms with van der Waals surface area (Å²) in [5, 5.41) is -0.231. The zero-order valence-corrected chi connectivity index (χ0v) is 17.8. The first kappa shape index (κ1) is 19.9. The Morgan fingerprint density at radius 2 is 1.69 bits per heavy atom. The van der Waals surface area contributed by atoms with Crippen LogP contribution in [0.2, 0.25) is 0 Å². The topological polar surface area (TPSA) is 34.1 Å². The summed E-state index contributed by atoms with van der Waals surface area (Å²) in [4.78, 5) is 0. The Balaban J connectivity index is 1.47. The van der Waals surface area contributed by atoms with E-state index in [1.165, 1.54) is 37.7 Å². The molecule has 3 heteroatoms. The molecule has 26 heavy (non-hydrogen) atoms. The molecule has 0 spiro atoms. The number of rotatable bonds is 6. The predicted octanol–water partition coefficient (Wildman–Crippen LogP) is 5.54. The minimum absolute atomic E-state index is 0.231. The number of hydrogen-bond acceptors (Lipinski definition) is 2. The van der Waals surface area contributed by atoms with Crippen LogP contribution in [0.5, 0.6) is 0 Å². The van der Waals surface area contributed by atoms with Crippen molar-refractivity contribution in [3.8, 4) is 0 Å². The molecule has 1 saturated carbocycles. The third-order valence-corrected chi connectivity index (χ3v) is 9.46. The van der Waals surface area contributed by atoms with Crippen molar-refractivity contribution in [3.63, 3.8) is 0 Å². The average molecular weight is 377 g/mol. The molecule has 0 aliphatic heterocycles. The van der Waals surface area contributed by atoms with E-state index >= 15 is 0 Å². The Morgan fingerprint density at radius 1 is 1.04 bits per heavy atom. The van der Waals surface area contributed by atoms with Gasteiger partial charge in [-0.2, -0.15) is 0 Å². The average Bonchev–Trinajstić information content (AvgIpc) is 2.88. The van der Waals surface area contributed by atoms with Crippen LogP contribution in [-0.4, -0.2) is 19.4 Å². The molecule has 2 aliphatic carbocycles. The second-order valence-corrected chi connectivity index (χ2v) is 11.9. The van der Waals surface area contributed by atoms with Crippen LogP contribution in [0.3, 0.4) is 0 Å². The molecule has 2 unspecified atom stereocenters. The third kappa shape index (κ3) is 4.52. The summed E-state index contributed by atoms with van der Waals surface area (Å²) in [6.07, 6.45) is 8.27. The Bertz CT molecular complexity index is 712. The summed E-state index contributed by atoms with van der Waals surface area (Å²) in [5.41, 5.74) is 4.63. The highest BCUT2D eigenvalue weighted by Gasteiger charge is 2.28. The summed E-state index contributed by atoms with van der Waals surface area (Å²) >= 11 is 0. The van der Waals surface area contributed by atoms with Gasteiger partial charge in [-0.3, -0.25) is 0 Å². The van der Waals surface area contributed by atoms with E-state index in [0.29, 0.717) is 17.6 Å². The molecule has 0 N–H and O–H groups in total. The highest BCUT2D eigenvalue weighted by atomic mass is 32.2. The summed E-state index contributed by atoms with van der Waals surface area (Å²) in [6.45, 7) is 8.33. The number of sulfone groups is 1. The van der Waals surface area contributed by atoms with Crippen LogP contribution in [-0.2, 0) is 22.7 Å². The SMILES string of the molecule is CC1Cc2cc(CCC3CCC(CS(=O)(=O)C(C)C)CC3)ccc2C1C. The van der Waals surface area contributed by atoms with Crippen molar-refractivity contribution >= 4 is 9.84 Å². The highest BCUT2D eigenvalue weighted by Crippen LogP contribution is 2.38. The third-order valence-electron chi connectivity index (χ3n) is 7.09. The van der Waals surface area contributed by atoms with E-state index in [1.54, 1.807) is 25.0 Å². The molecule has 0 radical (unpaired) electrons. The molecule has 2 aliphatic rings. The van der Waals surface area contributed by atoms with E-state index < -0.39 is 9.84 Å². The summed E-state index contributed by atoms with van der Waals surface area (Å²) < 4.78 is 24.3. The van der Waals surface area contributed by atoms with Gasteiger partial charge in [-0.05, 0) is 86.3 Å². The fraction of sp³-hybridized carbons (Fsp3) is 0.739. The van der Waals surface area contributed by atoms with Crippen LogP contribution in [0, 0.1) is 17.8 Å². The summed E-state index contributed by atoms with van der Waals surface area (Å²) in [6, 6.07) is 7.16. The van der Waals surface area contributed by atoms with E-state index in [9.17, 15) is 8.42 Å². The van der Waals surface area contributed by atoms with Gasteiger partial charge in [0.25, 0.3) is 0 Å². The lowest BCUT2D eigenvalue weighted by molar-refractivity contribution is 0.278. The van der Waals surface area contributed by atoms with E-state index in [2.05, 4.69) is 32.0 Å². The highest BCUT2D eigenvalue weighted by molar-refractivity contribution is 7.91. The van der Waals surface area contributed by atoms with Gasteiger partial charge in [0.05, 0.1) is 11.0 Å². The van der Waals surface area contributed by atoms with E-state index in [1.807, 2.05) is 0 Å². The van der Waals surface area contributed by atoms with Gasteiger partial charge in [-0.15, -0.1) is 0 Å². The predicted molar refractivity (Wildman–Crippen MR) is 110 cm³/mol. The fourth-order valence-corrected chi connectivity index (χ4v) is 6.22. The molecule has 0 amide bonds. The lowest BCUT2D eigenvalue weighted by Crippen LogP contribution is -2.26. The molecule has 0 saturated heterocycles. The second kappa shape index (κ2) is 8.04. The Hall–Kier alpha value is -0.830. The minimum Gasteiger partial charge on any atom is -0.229 e. The van der Waals surface area contributed by atoms with Crippen LogP contribution in [0.4, 0.5) is 0 Å². The molecule has 3 rings (SSSR count). The molecule has 1 aromatic rings. The van der Waals surface area contributed by atoms with Crippen LogP contribution in [0.15, 0.2) is 18.2 Å². The van der Waals surface area contributed by atoms with Gasteiger partial charge in [-0.1, -0.05) is 44.9 Å². The van der Waals surface area contributed by atoms with Crippen LogP contribution >= 0.6 is 0 Å². The first-order valence-electron chi connectivity index (χ1n) is 10.6. The lowest BCUT2D eigenvalue weighted by Gasteiger charge is -2.29.